The van der Waals surface area contributed by atoms with Crippen molar-refractivity contribution in [1.29, 1.82) is 0 Å². The first-order chi connectivity index (χ1) is 4.86. The zero-order valence-corrected chi connectivity index (χ0v) is 6.68. The van der Waals surface area contributed by atoms with Crippen molar-refractivity contribution in [2.24, 2.45) is 0 Å². The van der Waals surface area contributed by atoms with Crippen molar-refractivity contribution in [3.8, 4) is 0 Å². The molecule has 0 amide bonds. The normalized spacial score (nSPS) is 10.5. The fourth-order valence-corrected chi connectivity index (χ4v) is 1.24. The minimum Gasteiger partial charge on any atom is -0.460 e. The summed E-state index contributed by atoms with van der Waals surface area (Å²) in [6, 6.07) is 5.93. The molecule has 0 bridgehead atoms. The van der Waals surface area contributed by atoms with Gasteiger partial charge in [0.25, 0.3) is 0 Å². The zero-order chi connectivity index (χ0) is 6.97. The first kappa shape index (κ1) is 5.98. The molecule has 1 aromatic heterocycles. The van der Waals surface area contributed by atoms with Gasteiger partial charge in [-0.05, 0) is 12.1 Å². The molecule has 1 aromatic carbocycles. The Balaban J connectivity index is 2.86. The highest BCUT2D eigenvalue weighted by Crippen LogP contribution is 2.19. The van der Waals surface area contributed by atoms with Crippen molar-refractivity contribution in [3.05, 3.63) is 35.2 Å². The predicted molar refractivity (Wildman–Crippen MR) is 42.8 cm³/mol. The minimum atomic E-state index is 1.01. The smallest absolute Gasteiger partial charge is 0.177 e. The molecule has 1 heterocycles. The maximum atomic E-state index is 4.87. The van der Waals surface area contributed by atoms with Crippen molar-refractivity contribution >= 4 is 26.7 Å². The Kier molecular flexibility index (Phi) is 1.27. The minimum absolute atomic E-state index is 1.01. The molecule has 0 spiro atoms. The largest absolute Gasteiger partial charge is 0.460 e. The fourth-order valence-electron chi connectivity index (χ4n) is 0.876. The van der Waals surface area contributed by atoms with Crippen LogP contribution < -0.4 is 0 Å². The molecule has 2 aromatic rings. The summed E-state index contributed by atoms with van der Waals surface area (Å²) in [5.41, 5.74) is 0. The molecule has 0 saturated carbocycles. The van der Waals surface area contributed by atoms with Gasteiger partial charge in [0, 0.05) is 15.2 Å². The maximum Gasteiger partial charge on any atom is 0.177 e. The molecule has 0 saturated heterocycles. The summed E-state index contributed by atoms with van der Waals surface area (Å²) in [6.45, 7) is 0. The van der Waals surface area contributed by atoms with Gasteiger partial charge >= 0.3 is 0 Å². The van der Waals surface area contributed by atoms with Gasteiger partial charge < -0.3 is 4.42 Å². The van der Waals surface area contributed by atoms with Crippen molar-refractivity contribution in [1.82, 2.24) is 0 Å². The summed E-state index contributed by atoms with van der Waals surface area (Å²) in [6.07, 6.45) is 4.44. The molecule has 0 fully saturated rings. The van der Waals surface area contributed by atoms with Crippen LogP contribution >= 0.6 is 15.9 Å². The summed E-state index contributed by atoms with van der Waals surface area (Å²) in [5.74, 6) is 0. The van der Waals surface area contributed by atoms with E-state index in [4.69, 9.17) is 4.42 Å². The lowest BCUT2D eigenvalue weighted by Crippen LogP contribution is -1.63. The molecule has 0 aliphatic rings. The number of furan rings is 1. The van der Waals surface area contributed by atoms with Crippen LogP contribution in [0.2, 0.25) is 0 Å². The molecule has 0 aliphatic carbocycles. The third kappa shape index (κ3) is 0.847. The van der Waals surface area contributed by atoms with Crippen molar-refractivity contribution < 1.29 is 4.42 Å². The molecular formula is C8H4BrO. The van der Waals surface area contributed by atoms with Crippen LogP contribution in [0.15, 0.2) is 33.4 Å². The summed E-state index contributed by atoms with van der Waals surface area (Å²) in [4.78, 5) is 0. The third-order valence-electron chi connectivity index (χ3n) is 1.37. The Morgan fingerprint density at radius 3 is 3.20 bits per heavy atom. The fraction of sp³-hybridized carbons (Fsp3) is 0. The standard InChI is InChI=1S/C8H4BrO/c9-8-2-1-6-4-10-5-7(6)3-8/h1-4H. The van der Waals surface area contributed by atoms with E-state index in [1.54, 1.807) is 6.26 Å². The molecule has 49 valence electrons. The van der Waals surface area contributed by atoms with E-state index in [2.05, 4.69) is 22.2 Å². The Labute approximate surface area is 66.8 Å². The number of benzene rings is 1. The number of fused-ring (bicyclic) bond motifs is 1. The number of halogens is 1. The second-order valence-corrected chi connectivity index (χ2v) is 2.99. The van der Waals surface area contributed by atoms with Gasteiger partial charge in [0.15, 0.2) is 6.26 Å². The van der Waals surface area contributed by atoms with Gasteiger partial charge in [0.1, 0.15) is 0 Å². The molecule has 1 nitrogen and oxygen atoms in total. The topological polar surface area (TPSA) is 13.1 Å². The summed E-state index contributed by atoms with van der Waals surface area (Å²) in [5, 5.41) is 2.09. The summed E-state index contributed by atoms with van der Waals surface area (Å²) in [7, 11) is 0. The lowest BCUT2D eigenvalue weighted by molar-refractivity contribution is 0.563. The van der Waals surface area contributed by atoms with Gasteiger partial charge in [-0.15, -0.1) is 0 Å². The first-order valence-corrected chi connectivity index (χ1v) is 3.70. The second-order valence-electron chi connectivity index (χ2n) is 2.07. The van der Waals surface area contributed by atoms with Crippen molar-refractivity contribution in [2.75, 3.05) is 0 Å². The molecule has 0 atom stereocenters. The summed E-state index contributed by atoms with van der Waals surface area (Å²) < 4.78 is 5.93. The van der Waals surface area contributed by atoms with Crippen molar-refractivity contribution in [2.45, 2.75) is 0 Å². The molecular weight excluding hydrogens is 192 g/mol. The monoisotopic (exact) mass is 195 g/mol. The van der Waals surface area contributed by atoms with Crippen LogP contribution in [0.5, 0.6) is 0 Å². The average Bonchev–Trinajstić information content (AvgIpc) is 2.33. The molecule has 2 heteroatoms. The predicted octanol–water partition coefficient (Wildman–Crippen LogP) is 3.00. The third-order valence-corrected chi connectivity index (χ3v) is 1.86. The highest BCUT2D eigenvalue weighted by molar-refractivity contribution is 9.10. The Morgan fingerprint density at radius 2 is 2.30 bits per heavy atom. The van der Waals surface area contributed by atoms with E-state index in [-0.39, 0.29) is 0 Å². The van der Waals surface area contributed by atoms with Crippen LogP contribution in [-0.4, -0.2) is 0 Å². The number of hydrogen-bond donors (Lipinski definition) is 0. The van der Waals surface area contributed by atoms with Gasteiger partial charge in [-0.25, -0.2) is 0 Å². The van der Waals surface area contributed by atoms with E-state index in [0.29, 0.717) is 0 Å². The van der Waals surface area contributed by atoms with E-state index < -0.39 is 0 Å². The lowest BCUT2D eigenvalue weighted by atomic mass is 10.2. The highest BCUT2D eigenvalue weighted by Gasteiger charge is 1.94. The van der Waals surface area contributed by atoms with E-state index in [1.807, 2.05) is 18.2 Å². The Morgan fingerprint density at radius 1 is 1.40 bits per heavy atom. The summed E-state index contributed by atoms with van der Waals surface area (Å²) >= 11 is 3.36. The molecule has 0 aliphatic heterocycles. The van der Waals surface area contributed by atoms with E-state index in [9.17, 15) is 0 Å². The van der Waals surface area contributed by atoms with Crippen LogP contribution in [0.25, 0.3) is 10.8 Å². The van der Waals surface area contributed by atoms with Crippen LogP contribution in [0.1, 0.15) is 0 Å². The second kappa shape index (κ2) is 2.13. The Bertz CT molecular complexity index is 351. The molecule has 0 N–H and O–H groups in total. The van der Waals surface area contributed by atoms with Gasteiger partial charge in [-0.1, -0.05) is 22.0 Å². The molecule has 2 rings (SSSR count). The zero-order valence-electron chi connectivity index (χ0n) is 5.10. The molecule has 10 heavy (non-hydrogen) atoms. The number of hydrogen-bond acceptors (Lipinski definition) is 1. The van der Waals surface area contributed by atoms with Crippen LogP contribution in [0.4, 0.5) is 0 Å². The van der Waals surface area contributed by atoms with Crippen LogP contribution in [-0.2, 0) is 0 Å². The average molecular weight is 196 g/mol. The quantitative estimate of drug-likeness (QED) is 0.631. The van der Waals surface area contributed by atoms with E-state index >= 15 is 0 Å². The highest BCUT2D eigenvalue weighted by atomic mass is 79.9. The van der Waals surface area contributed by atoms with Gasteiger partial charge in [0.05, 0.1) is 6.26 Å². The SMILES string of the molecule is Brc1ccc2co[c]c2c1. The van der Waals surface area contributed by atoms with Crippen molar-refractivity contribution in [3.63, 3.8) is 0 Å². The van der Waals surface area contributed by atoms with Gasteiger partial charge in [0.2, 0.25) is 0 Å². The Hall–Kier alpha value is -0.760. The number of rotatable bonds is 0. The van der Waals surface area contributed by atoms with Crippen LogP contribution in [0.3, 0.4) is 0 Å². The van der Waals surface area contributed by atoms with E-state index in [1.165, 1.54) is 0 Å². The van der Waals surface area contributed by atoms with Crippen LogP contribution in [0, 0.1) is 6.26 Å². The van der Waals surface area contributed by atoms with Gasteiger partial charge in [-0.3, -0.25) is 0 Å². The van der Waals surface area contributed by atoms with Gasteiger partial charge in [-0.2, -0.15) is 0 Å². The lowest BCUT2D eigenvalue weighted by Gasteiger charge is -1.86. The van der Waals surface area contributed by atoms with E-state index in [0.717, 1.165) is 15.2 Å². The maximum absolute atomic E-state index is 4.87. The molecule has 1 radical (unpaired) electrons. The molecule has 0 unspecified atom stereocenters. The first-order valence-electron chi connectivity index (χ1n) is 2.91.